The smallest absolute Gasteiger partial charge is 0.309 e. The number of para-hydroxylation sites is 1. The normalized spacial score (nSPS) is 17.3. The van der Waals surface area contributed by atoms with Crippen LogP contribution in [0.2, 0.25) is 0 Å². The van der Waals surface area contributed by atoms with Crippen LogP contribution in [0.15, 0.2) is 41.8 Å². The first kappa shape index (κ1) is 18.3. The summed E-state index contributed by atoms with van der Waals surface area (Å²) in [7, 11) is 0. The summed E-state index contributed by atoms with van der Waals surface area (Å²) < 4.78 is 5.24. The maximum absolute atomic E-state index is 12.1. The molecule has 27 heavy (non-hydrogen) atoms. The van der Waals surface area contributed by atoms with Crippen molar-refractivity contribution in [2.45, 2.75) is 32.7 Å². The molecule has 0 amide bonds. The Balaban J connectivity index is 1.66. The van der Waals surface area contributed by atoms with Gasteiger partial charge in [-0.2, -0.15) is 0 Å². The molecule has 1 fully saturated rings. The fourth-order valence-electron chi connectivity index (χ4n) is 4.26. The summed E-state index contributed by atoms with van der Waals surface area (Å²) in [6, 6.07) is 13.1. The number of ether oxygens (including phenoxy) is 1. The number of nitrogens with zero attached hydrogens (tertiary/aromatic N) is 1. The van der Waals surface area contributed by atoms with E-state index in [1.54, 1.807) is 0 Å². The molecule has 0 saturated carbocycles. The second-order valence-corrected chi connectivity index (χ2v) is 8.17. The van der Waals surface area contributed by atoms with Gasteiger partial charge in [-0.25, -0.2) is 0 Å². The van der Waals surface area contributed by atoms with Crippen molar-refractivity contribution < 1.29 is 9.53 Å². The highest BCUT2D eigenvalue weighted by Gasteiger charge is 2.33. The van der Waals surface area contributed by atoms with E-state index in [1.165, 1.54) is 27.0 Å². The minimum atomic E-state index is -0.0342. The van der Waals surface area contributed by atoms with Gasteiger partial charge in [0, 0.05) is 27.0 Å². The molecular weight excluding hydrogens is 356 g/mol. The number of hydrogen-bond donors (Lipinski definition) is 1. The zero-order chi connectivity index (χ0) is 18.8. The number of piperidine rings is 1. The van der Waals surface area contributed by atoms with Crippen molar-refractivity contribution in [2.24, 2.45) is 5.92 Å². The van der Waals surface area contributed by atoms with Gasteiger partial charge in [-0.05, 0) is 57.3 Å². The topological polar surface area (TPSA) is 45.3 Å². The molecule has 1 saturated heterocycles. The summed E-state index contributed by atoms with van der Waals surface area (Å²) in [5, 5.41) is 3.44. The van der Waals surface area contributed by atoms with Crippen molar-refractivity contribution in [2.75, 3.05) is 19.7 Å². The van der Waals surface area contributed by atoms with Crippen LogP contribution in [0.4, 0.5) is 0 Å². The van der Waals surface area contributed by atoms with E-state index < -0.39 is 0 Å². The maximum atomic E-state index is 12.1. The number of likely N-dealkylation sites (tertiary alicyclic amines) is 1. The molecule has 1 N–H and O–H groups in total. The predicted molar refractivity (Wildman–Crippen MR) is 110 cm³/mol. The van der Waals surface area contributed by atoms with Crippen molar-refractivity contribution in [1.82, 2.24) is 9.88 Å². The molecule has 1 atom stereocenters. The highest BCUT2D eigenvalue weighted by molar-refractivity contribution is 7.10. The minimum Gasteiger partial charge on any atom is -0.466 e. The highest BCUT2D eigenvalue weighted by atomic mass is 32.1. The van der Waals surface area contributed by atoms with Crippen molar-refractivity contribution in [3.05, 3.63) is 57.9 Å². The molecule has 5 heteroatoms. The van der Waals surface area contributed by atoms with E-state index in [4.69, 9.17) is 4.74 Å². The third-order valence-corrected chi connectivity index (χ3v) is 6.47. The Bertz CT molecular complexity index is 908. The zero-order valence-corrected chi connectivity index (χ0v) is 16.7. The molecule has 0 unspecified atom stereocenters. The number of H-pyrrole nitrogens is 1. The van der Waals surface area contributed by atoms with Crippen LogP contribution in [-0.4, -0.2) is 35.5 Å². The first-order chi connectivity index (χ1) is 13.2. The summed E-state index contributed by atoms with van der Waals surface area (Å²) in [6.45, 7) is 6.32. The lowest BCUT2D eigenvalue weighted by Gasteiger charge is -2.37. The van der Waals surface area contributed by atoms with Gasteiger partial charge in [0.25, 0.3) is 0 Å². The number of thiophene rings is 1. The Kier molecular flexibility index (Phi) is 5.32. The van der Waals surface area contributed by atoms with Gasteiger partial charge in [0.2, 0.25) is 0 Å². The van der Waals surface area contributed by atoms with Crippen molar-refractivity contribution in [3.63, 3.8) is 0 Å². The van der Waals surface area contributed by atoms with Gasteiger partial charge in [0.05, 0.1) is 18.6 Å². The molecule has 1 aliphatic heterocycles. The summed E-state index contributed by atoms with van der Waals surface area (Å²) in [5.41, 5.74) is 3.78. The monoisotopic (exact) mass is 382 g/mol. The molecule has 0 radical (unpaired) electrons. The van der Waals surface area contributed by atoms with Crippen LogP contribution in [0.1, 0.15) is 41.9 Å². The van der Waals surface area contributed by atoms with E-state index >= 15 is 0 Å². The fourth-order valence-corrected chi connectivity index (χ4v) is 5.12. The lowest BCUT2D eigenvalue weighted by Crippen LogP contribution is -2.39. The van der Waals surface area contributed by atoms with Crippen LogP contribution in [0.3, 0.4) is 0 Å². The van der Waals surface area contributed by atoms with Gasteiger partial charge >= 0.3 is 5.97 Å². The number of aromatic amines is 1. The second-order valence-electron chi connectivity index (χ2n) is 7.19. The van der Waals surface area contributed by atoms with Gasteiger partial charge < -0.3 is 9.72 Å². The quantitative estimate of drug-likeness (QED) is 0.638. The van der Waals surface area contributed by atoms with Crippen LogP contribution >= 0.6 is 11.3 Å². The average Bonchev–Trinajstić information content (AvgIpc) is 3.32. The SMILES string of the molecule is CCOC(=O)C1CCN([C@@H](c2cccs2)c2c(C)[nH]c3ccccc23)CC1. The number of aromatic nitrogens is 1. The van der Waals surface area contributed by atoms with E-state index in [9.17, 15) is 4.79 Å². The Labute approximate surface area is 164 Å². The average molecular weight is 383 g/mol. The number of hydrogen-bond acceptors (Lipinski definition) is 4. The van der Waals surface area contributed by atoms with E-state index in [0.29, 0.717) is 6.61 Å². The summed E-state index contributed by atoms with van der Waals surface area (Å²) in [5.74, 6) is 0.00218. The van der Waals surface area contributed by atoms with Gasteiger partial charge in [-0.15, -0.1) is 11.3 Å². The Morgan fingerprint density at radius 2 is 2.04 bits per heavy atom. The van der Waals surface area contributed by atoms with Crippen molar-refractivity contribution >= 4 is 28.2 Å². The van der Waals surface area contributed by atoms with Gasteiger partial charge in [0.15, 0.2) is 0 Å². The fraction of sp³-hybridized carbons (Fsp3) is 0.409. The standard InChI is InChI=1S/C22H26N2O2S/c1-3-26-22(25)16-10-12-24(13-11-16)21(19-9-6-14-27-19)20-15(2)23-18-8-5-4-7-17(18)20/h4-9,14,16,21,23H,3,10-13H2,1-2H3/t21-/m0/s1. The first-order valence-corrected chi connectivity index (χ1v) is 10.6. The zero-order valence-electron chi connectivity index (χ0n) is 15.9. The van der Waals surface area contributed by atoms with Crippen molar-refractivity contribution in [1.29, 1.82) is 0 Å². The van der Waals surface area contributed by atoms with Crippen molar-refractivity contribution in [3.8, 4) is 0 Å². The minimum absolute atomic E-state index is 0.0342. The van der Waals surface area contributed by atoms with Crippen LogP contribution in [0.25, 0.3) is 10.9 Å². The Hall–Kier alpha value is -2.11. The van der Waals surface area contributed by atoms with Crippen LogP contribution in [0, 0.1) is 12.8 Å². The summed E-state index contributed by atoms with van der Waals surface area (Å²) in [6.07, 6.45) is 1.73. The number of rotatable bonds is 5. The Morgan fingerprint density at radius 1 is 1.26 bits per heavy atom. The number of fused-ring (bicyclic) bond motifs is 1. The van der Waals surface area contributed by atoms with Gasteiger partial charge in [-0.3, -0.25) is 9.69 Å². The van der Waals surface area contributed by atoms with E-state index in [2.05, 4.69) is 58.6 Å². The molecule has 2 aromatic heterocycles. The molecule has 1 aromatic carbocycles. The lowest BCUT2D eigenvalue weighted by molar-refractivity contribution is -0.149. The molecular formula is C22H26N2O2S. The van der Waals surface area contributed by atoms with E-state index in [-0.39, 0.29) is 17.9 Å². The number of benzene rings is 1. The number of carbonyl (C=O) groups excluding carboxylic acids is 1. The van der Waals surface area contributed by atoms with Crippen LogP contribution in [-0.2, 0) is 9.53 Å². The van der Waals surface area contributed by atoms with Gasteiger partial charge in [-0.1, -0.05) is 24.3 Å². The number of carbonyl (C=O) groups is 1. The molecule has 4 rings (SSSR count). The largest absolute Gasteiger partial charge is 0.466 e. The number of nitrogens with one attached hydrogen (secondary N) is 1. The Morgan fingerprint density at radius 3 is 2.74 bits per heavy atom. The first-order valence-electron chi connectivity index (χ1n) is 9.70. The number of esters is 1. The number of aryl methyl sites for hydroxylation is 1. The third-order valence-electron chi connectivity index (χ3n) is 5.54. The molecule has 1 aliphatic rings. The molecule has 3 heterocycles. The molecule has 0 spiro atoms. The molecule has 4 nitrogen and oxygen atoms in total. The van der Waals surface area contributed by atoms with Crippen LogP contribution in [0.5, 0.6) is 0 Å². The second kappa shape index (κ2) is 7.87. The van der Waals surface area contributed by atoms with Crippen LogP contribution < -0.4 is 0 Å². The third kappa shape index (κ3) is 3.54. The van der Waals surface area contributed by atoms with Gasteiger partial charge in [0.1, 0.15) is 0 Å². The summed E-state index contributed by atoms with van der Waals surface area (Å²) in [4.78, 5) is 19.6. The van der Waals surface area contributed by atoms with E-state index in [0.717, 1.165) is 25.9 Å². The molecule has 0 bridgehead atoms. The summed E-state index contributed by atoms with van der Waals surface area (Å²) >= 11 is 1.81. The lowest BCUT2D eigenvalue weighted by atomic mass is 9.92. The molecule has 0 aliphatic carbocycles. The molecule has 3 aromatic rings. The highest BCUT2D eigenvalue weighted by Crippen LogP contribution is 2.39. The predicted octanol–water partition coefficient (Wildman–Crippen LogP) is 4.90. The molecule has 142 valence electrons. The maximum Gasteiger partial charge on any atom is 0.309 e. The van der Waals surface area contributed by atoms with E-state index in [1.807, 2.05) is 18.3 Å².